The second-order valence-corrected chi connectivity index (χ2v) is 9.28. The second-order valence-electron chi connectivity index (χ2n) is 9.28. The first-order chi connectivity index (χ1) is 14.2. The lowest BCUT2D eigenvalue weighted by Crippen LogP contribution is -2.46. The quantitative estimate of drug-likeness (QED) is 0.761. The third kappa shape index (κ3) is 5.27. The summed E-state index contributed by atoms with van der Waals surface area (Å²) in [5, 5.41) is 3.83. The number of pyridine rings is 1. The van der Waals surface area contributed by atoms with Crippen molar-refractivity contribution in [3.63, 3.8) is 0 Å². The highest BCUT2D eigenvalue weighted by molar-refractivity contribution is 6.06. The van der Waals surface area contributed by atoms with E-state index >= 15 is 0 Å². The summed E-state index contributed by atoms with van der Waals surface area (Å²) in [6.45, 7) is 6.82. The summed E-state index contributed by atoms with van der Waals surface area (Å²) < 4.78 is 0. The molecule has 0 bridgehead atoms. The number of hydrogen-bond donors (Lipinski definition) is 2. The van der Waals surface area contributed by atoms with Crippen LogP contribution in [0.2, 0.25) is 0 Å². The Morgan fingerprint density at radius 3 is 2.53 bits per heavy atom. The van der Waals surface area contributed by atoms with E-state index in [1.54, 1.807) is 11.0 Å². The number of carbonyl (C=O) groups excluding carboxylic acids is 2. The Morgan fingerprint density at radius 2 is 1.87 bits per heavy atom. The maximum Gasteiger partial charge on any atom is 0.254 e. The number of nitrogens with zero attached hydrogens (tertiary/aromatic N) is 2. The monoisotopic (exact) mass is 412 g/mol. The molecule has 0 spiro atoms. The fraction of sp³-hybridized carbons (Fsp3) is 0.522. The van der Waals surface area contributed by atoms with Gasteiger partial charge in [0.05, 0.1) is 5.56 Å². The van der Waals surface area contributed by atoms with Crippen molar-refractivity contribution in [2.45, 2.75) is 26.7 Å². The summed E-state index contributed by atoms with van der Waals surface area (Å²) in [6, 6.07) is 8.69. The number of carbonyl (C=O) groups is 2. The van der Waals surface area contributed by atoms with Gasteiger partial charge in [-0.2, -0.15) is 0 Å². The molecule has 1 aliphatic heterocycles. The van der Waals surface area contributed by atoms with Gasteiger partial charge in [0.1, 0.15) is 0 Å². The van der Waals surface area contributed by atoms with Gasteiger partial charge in [-0.3, -0.25) is 14.4 Å². The molecule has 0 unspecified atom stereocenters. The van der Waals surface area contributed by atoms with Crippen molar-refractivity contribution < 1.29 is 9.59 Å². The minimum absolute atomic E-state index is 0.00273. The molecular formula is C23H32N4O3. The van der Waals surface area contributed by atoms with E-state index in [1.165, 1.54) is 6.07 Å². The topological polar surface area (TPSA) is 85.5 Å². The minimum atomic E-state index is -0.286. The summed E-state index contributed by atoms with van der Waals surface area (Å²) in [4.78, 5) is 44.3. The molecule has 2 amide bonds. The molecule has 2 aromatic rings. The van der Waals surface area contributed by atoms with E-state index in [4.69, 9.17) is 0 Å². The van der Waals surface area contributed by atoms with Gasteiger partial charge in [-0.1, -0.05) is 32.0 Å². The van der Waals surface area contributed by atoms with Crippen LogP contribution in [0.4, 0.5) is 0 Å². The number of rotatable bonds is 6. The summed E-state index contributed by atoms with van der Waals surface area (Å²) in [7, 11) is 4.06. The zero-order valence-electron chi connectivity index (χ0n) is 18.3. The Morgan fingerprint density at radius 1 is 1.20 bits per heavy atom. The summed E-state index contributed by atoms with van der Waals surface area (Å²) >= 11 is 0. The highest BCUT2D eigenvalue weighted by atomic mass is 16.2. The number of aromatic amines is 1. The molecular weight excluding hydrogens is 380 g/mol. The minimum Gasteiger partial charge on any atom is -0.355 e. The lowest BCUT2D eigenvalue weighted by atomic mass is 9.91. The van der Waals surface area contributed by atoms with Crippen molar-refractivity contribution in [2.24, 2.45) is 11.3 Å². The largest absolute Gasteiger partial charge is 0.355 e. The molecule has 2 N–H and O–H groups in total. The number of piperidine rings is 1. The van der Waals surface area contributed by atoms with Crippen LogP contribution in [0.5, 0.6) is 0 Å². The van der Waals surface area contributed by atoms with Crippen molar-refractivity contribution in [2.75, 3.05) is 40.3 Å². The van der Waals surface area contributed by atoms with Gasteiger partial charge in [-0.15, -0.1) is 0 Å². The first-order valence-electron chi connectivity index (χ1n) is 10.5. The van der Waals surface area contributed by atoms with E-state index in [0.29, 0.717) is 43.6 Å². The first-order valence-corrected chi connectivity index (χ1v) is 10.5. The van der Waals surface area contributed by atoms with Gasteiger partial charge in [-0.25, -0.2) is 0 Å². The van der Waals surface area contributed by atoms with Crippen LogP contribution < -0.4 is 10.9 Å². The number of para-hydroxylation sites is 1. The van der Waals surface area contributed by atoms with Gasteiger partial charge < -0.3 is 20.1 Å². The highest BCUT2D eigenvalue weighted by Gasteiger charge is 2.29. The van der Waals surface area contributed by atoms with Gasteiger partial charge >= 0.3 is 0 Å². The number of nitrogens with one attached hydrogen (secondary N) is 2. The van der Waals surface area contributed by atoms with E-state index < -0.39 is 0 Å². The predicted octanol–water partition coefficient (Wildman–Crippen LogP) is 2.08. The number of benzene rings is 1. The molecule has 1 aliphatic rings. The number of amides is 2. The fourth-order valence-electron chi connectivity index (χ4n) is 4.28. The first kappa shape index (κ1) is 22.0. The van der Waals surface area contributed by atoms with Crippen LogP contribution in [-0.4, -0.2) is 66.9 Å². The number of aromatic nitrogens is 1. The maximum absolute atomic E-state index is 13.1. The van der Waals surface area contributed by atoms with Crippen LogP contribution in [0.3, 0.4) is 0 Å². The lowest BCUT2D eigenvalue weighted by Gasteiger charge is -2.33. The number of likely N-dealkylation sites (tertiary alicyclic amines) is 1. The molecule has 7 heteroatoms. The van der Waals surface area contributed by atoms with Crippen molar-refractivity contribution in [3.05, 3.63) is 46.2 Å². The third-order valence-electron chi connectivity index (χ3n) is 5.62. The number of fused-ring (bicyclic) bond motifs is 1. The van der Waals surface area contributed by atoms with Gasteiger partial charge in [0.15, 0.2) is 0 Å². The molecule has 2 heterocycles. The highest BCUT2D eigenvalue weighted by Crippen LogP contribution is 2.22. The van der Waals surface area contributed by atoms with E-state index in [-0.39, 0.29) is 28.7 Å². The molecule has 3 rings (SSSR count). The Labute approximate surface area is 177 Å². The molecule has 1 saturated heterocycles. The van der Waals surface area contributed by atoms with Crippen LogP contribution in [0, 0.1) is 11.3 Å². The smallest absolute Gasteiger partial charge is 0.254 e. The van der Waals surface area contributed by atoms with Gasteiger partial charge in [0.25, 0.3) is 5.91 Å². The van der Waals surface area contributed by atoms with Crippen LogP contribution in [0.25, 0.3) is 10.9 Å². The average Bonchev–Trinajstić information content (AvgIpc) is 2.70. The van der Waals surface area contributed by atoms with Crippen LogP contribution in [0.1, 0.15) is 37.0 Å². The van der Waals surface area contributed by atoms with E-state index in [1.807, 2.05) is 32.3 Å². The Hall–Kier alpha value is -2.67. The van der Waals surface area contributed by atoms with Crippen LogP contribution >= 0.6 is 0 Å². The number of H-pyrrole nitrogens is 1. The molecule has 30 heavy (non-hydrogen) atoms. The Balaban J connectivity index is 1.60. The number of hydrogen-bond acceptors (Lipinski definition) is 4. The SMILES string of the molecule is CN(C)CC(C)(C)CNC(=O)C1CCN(C(=O)c2cc(=O)[nH]c3ccccc23)CC1. The standard InChI is InChI=1S/C23H32N4O3/c1-23(2,15-26(3)4)14-24-21(29)16-9-11-27(12-10-16)22(30)18-13-20(28)25-19-8-6-5-7-17(18)19/h5-8,13,16H,9-12,14-15H2,1-4H3,(H,24,29)(H,25,28). The van der Waals surface area contributed by atoms with Crippen molar-refractivity contribution in [3.8, 4) is 0 Å². The summed E-state index contributed by atoms with van der Waals surface area (Å²) in [5.74, 6) is -0.168. The molecule has 7 nitrogen and oxygen atoms in total. The van der Waals surface area contributed by atoms with Crippen molar-refractivity contribution in [1.29, 1.82) is 0 Å². The van der Waals surface area contributed by atoms with Gasteiger partial charge in [-0.05, 0) is 38.4 Å². The van der Waals surface area contributed by atoms with Gasteiger partial charge in [0.2, 0.25) is 11.5 Å². The van der Waals surface area contributed by atoms with Crippen LogP contribution in [-0.2, 0) is 4.79 Å². The fourth-order valence-corrected chi connectivity index (χ4v) is 4.28. The molecule has 0 atom stereocenters. The predicted molar refractivity (Wildman–Crippen MR) is 119 cm³/mol. The summed E-state index contributed by atoms with van der Waals surface area (Å²) in [6.07, 6.45) is 1.26. The molecule has 0 saturated carbocycles. The molecule has 1 aromatic heterocycles. The average molecular weight is 413 g/mol. The molecule has 162 valence electrons. The molecule has 1 aromatic carbocycles. The van der Waals surface area contributed by atoms with E-state index in [0.717, 1.165) is 11.9 Å². The summed E-state index contributed by atoms with van der Waals surface area (Å²) in [5.41, 5.74) is 0.786. The van der Waals surface area contributed by atoms with Crippen molar-refractivity contribution >= 4 is 22.7 Å². The third-order valence-corrected chi connectivity index (χ3v) is 5.62. The zero-order chi connectivity index (χ0) is 21.9. The zero-order valence-corrected chi connectivity index (χ0v) is 18.3. The normalized spacial score (nSPS) is 15.6. The second kappa shape index (κ2) is 9.00. The Bertz CT molecular complexity index is 972. The molecule has 0 aliphatic carbocycles. The molecule has 1 fully saturated rings. The molecule has 0 radical (unpaired) electrons. The lowest BCUT2D eigenvalue weighted by molar-refractivity contribution is -0.126. The van der Waals surface area contributed by atoms with Crippen molar-refractivity contribution in [1.82, 2.24) is 20.1 Å². The Kier molecular flexibility index (Phi) is 6.61. The van der Waals surface area contributed by atoms with E-state index in [9.17, 15) is 14.4 Å². The van der Waals surface area contributed by atoms with Crippen LogP contribution in [0.15, 0.2) is 35.1 Å². The van der Waals surface area contributed by atoms with E-state index in [2.05, 4.69) is 29.0 Å². The van der Waals surface area contributed by atoms with Gasteiger partial charge in [0, 0.05) is 49.1 Å². The maximum atomic E-state index is 13.1.